The fourth-order valence-electron chi connectivity index (χ4n) is 3.48. The zero-order valence-corrected chi connectivity index (χ0v) is 20.4. The number of anilines is 3. The second-order valence-corrected chi connectivity index (χ2v) is 8.79. The Hall–Kier alpha value is -3.82. The van der Waals surface area contributed by atoms with Crippen molar-refractivity contribution in [1.82, 2.24) is 14.5 Å². The van der Waals surface area contributed by atoms with E-state index in [0.29, 0.717) is 43.8 Å². The van der Waals surface area contributed by atoms with Crippen molar-refractivity contribution in [2.24, 2.45) is 0 Å². The van der Waals surface area contributed by atoms with Gasteiger partial charge in [0, 0.05) is 29.0 Å². The van der Waals surface area contributed by atoms with Crippen LogP contribution in [-0.2, 0) is 0 Å². The number of fused-ring (bicyclic) bond motifs is 1. The summed E-state index contributed by atoms with van der Waals surface area (Å²) in [6.07, 6.45) is 3.09. The average molecular weight is 513 g/mol. The summed E-state index contributed by atoms with van der Waals surface area (Å²) in [5.74, 6) is 0.359. The quantitative estimate of drug-likeness (QED) is 0.268. The Morgan fingerprint density at radius 2 is 1.91 bits per heavy atom. The van der Waals surface area contributed by atoms with E-state index in [0.717, 1.165) is 0 Å². The monoisotopic (exact) mass is 512 g/mol. The Kier molecular flexibility index (Phi) is 7.09. The van der Waals surface area contributed by atoms with Gasteiger partial charge in [-0.15, -0.1) is 0 Å². The summed E-state index contributed by atoms with van der Waals surface area (Å²) in [4.78, 5) is 33.7. The predicted molar refractivity (Wildman–Crippen MR) is 138 cm³/mol. The van der Waals surface area contributed by atoms with Gasteiger partial charge in [-0.3, -0.25) is 4.79 Å². The molecule has 0 atom stereocenters. The Balaban J connectivity index is 1.44. The number of carbonyl (C=O) groups excluding carboxylic acids is 2. The molecular formula is C24H22Cl2N6O3. The molecule has 35 heavy (non-hydrogen) atoms. The van der Waals surface area contributed by atoms with Gasteiger partial charge in [-0.2, -0.15) is 0 Å². The SMILES string of the molecule is CC(C)n1cc(C(=O)COc2cccc(NC(=O)Nc3ccc(Cl)cc3Cl)c2)c2c(N)ncnc21. The van der Waals surface area contributed by atoms with E-state index in [9.17, 15) is 9.59 Å². The van der Waals surface area contributed by atoms with E-state index in [1.54, 1.807) is 42.6 Å². The van der Waals surface area contributed by atoms with Crippen molar-refractivity contribution in [3.8, 4) is 5.75 Å². The first-order valence-corrected chi connectivity index (χ1v) is 11.4. The lowest BCUT2D eigenvalue weighted by molar-refractivity contribution is 0.0923. The molecule has 4 aromatic rings. The number of aromatic nitrogens is 3. The van der Waals surface area contributed by atoms with Crippen LogP contribution in [-0.4, -0.2) is 33.0 Å². The molecule has 0 aliphatic carbocycles. The number of ether oxygens (including phenoxy) is 1. The third-order valence-electron chi connectivity index (χ3n) is 5.14. The van der Waals surface area contributed by atoms with Crippen LogP contribution < -0.4 is 21.1 Å². The van der Waals surface area contributed by atoms with Crippen LogP contribution in [0.2, 0.25) is 10.0 Å². The molecule has 0 saturated heterocycles. The lowest BCUT2D eigenvalue weighted by atomic mass is 10.1. The van der Waals surface area contributed by atoms with E-state index < -0.39 is 6.03 Å². The lowest BCUT2D eigenvalue weighted by Gasteiger charge is -2.11. The number of nitrogens with one attached hydrogen (secondary N) is 2. The second-order valence-electron chi connectivity index (χ2n) is 7.94. The van der Waals surface area contributed by atoms with Gasteiger partial charge < -0.3 is 25.7 Å². The highest BCUT2D eigenvalue weighted by molar-refractivity contribution is 6.36. The van der Waals surface area contributed by atoms with Crippen LogP contribution in [0.3, 0.4) is 0 Å². The Morgan fingerprint density at radius 3 is 2.66 bits per heavy atom. The van der Waals surface area contributed by atoms with Gasteiger partial charge in [0.05, 0.1) is 21.7 Å². The summed E-state index contributed by atoms with van der Waals surface area (Å²) in [5, 5.41) is 6.62. The topological polar surface area (TPSA) is 124 Å². The molecule has 0 bridgehead atoms. The first-order valence-electron chi connectivity index (χ1n) is 10.6. The molecule has 2 aromatic heterocycles. The van der Waals surface area contributed by atoms with Crippen LogP contribution in [0, 0.1) is 0 Å². The smallest absolute Gasteiger partial charge is 0.323 e. The zero-order valence-electron chi connectivity index (χ0n) is 18.9. The molecule has 2 heterocycles. The molecule has 2 amide bonds. The number of hydrogen-bond donors (Lipinski definition) is 3. The van der Waals surface area contributed by atoms with E-state index in [-0.39, 0.29) is 24.2 Å². The number of hydrogen-bond acceptors (Lipinski definition) is 6. The maximum absolute atomic E-state index is 13.0. The Morgan fingerprint density at radius 1 is 1.11 bits per heavy atom. The molecule has 0 unspecified atom stereocenters. The van der Waals surface area contributed by atoms with E-state index in [4.69, 9.17) is 33.7 Å². The van der Waals surface area contributed by atoms with Gasteiger partial charge >= 0.3 is 6.03 Å². The number of rotatable bonds is 7. The van der Waals surface area contributed by atoms with Crippen LogP contribution in [0.4, 0.5) is 22.0 Å². The van der Waals surface area contributed by atoms with Crippen LogP contribution in [0.25, 0.3) is 11.0 Å². The fourth-order valence-corrected chi connectivity index (χ4v) is 3.93. The van der Waals surface area contributed by atoms with Gasteiger partial charge in [-0.05, 0) is 44.2 Å². The van der Waals surface area contributed by atoms with Crippen molar-refractivity contribution < 1.29 is 14.3 Å². The molecule has 0 radical (unpaired) electrons. The maximum atomic E-state index is 13.0. The molecule has 11 heteroatoms. The van der Waals surface area contributed by atoms with Gasteiger partial charge in [-0.1, -0.05) is 29.3 Å². The molecule has 9 nitrogen and oxygen atoms in total. The summed E-state index contributed by atoms with van der Waals surface area (Å²) < 4.78 is 7.58. The van der Waals surface area contributed by atoms with Gasteiger partial charge in [-0.25, -0.2) is 14.8 Å². The van der Waals surface area contributed by atoms with Crippen molar-refractivity contribution >= 4 is 63.2 Å². The largest absolute Gasteiger partial charge is 0.485 e. The molecule has 0 fully saturated rings. The summed E-state index contributed by atoms with van der Waals surface area (Å²) in [6.45, 7) is 3.73. The predicted octanol–water partition coefficient (Wildman–Crippen LogP) is 5.81. The Bertz CT molecular complexity index is 1420. The molecule has 4 N–H and O–H groups in total. The number of halogens is 2. The van der Waals surface area contributed by atoms with Crippen LogP contribution in [0.5, 0.6) is 5.75 Å². The minimum absolute atomic E-state index is 0.0749. The highest BCUT2D eigenvalue weighted by Crippen LogP contribution is 2.28. The summed E-state index contributed by atoms with van der Waals surface area (Å²) in [6, 6.07) is 11.0. The molecule has 0 spiro atoms. The lowest BCUT2D eigenvalue weighted by Crippen LogP contribution is -2.19. The number of Topliss-reactive ketones (excluding diaryl/α,β-unsaturated/α-hetero) is 1. The number of nitrogens with zero attached hydrogens (tertiary/aromatic N) is 3. The highest BCUT2D eigenvalue weighted by Gasteiger charge is 2.20. The van der Waals surface area contributed by atoms with E-state index in [1.165, 1.54) is 12.4 Å². The number of ketones is 1. The number of nitrogens with two attached hydrogens (primary N) is 1. The molecule has 2 aromatic carbocycles. The third-order valence-corrected chi connectivity index (χ3v) is 5.68. The minimum Gasteiger partial charge on any atom is -0.485 e. The number of amides is 2. The Labute approximate surface area is 211 Å². The van der Waals surface area contributed by atoms with Crippen molar-refractivity contribution in [3.63, 3.8) is 0 Å². The van der Waals surface area contributed by atoms with Crippen molar-refractivity contribution in [1.29, 1.82) is 0 Å². The summed E-state index contributed by atoms with van der Waals surface area (Å²) >= 11 is 12.0. The molecule has 0 aliphatic heterocycles. The summed E-state index contributed by atoms with van der Waals surface area (Å²) in [7, 11) is 0. The van der Waals surface area contributed by atoms with Gasteiger partial charge in [0.25, 0.3) is 0 Å². The van der Waals surface area contributed by atoms with E-state index in [2.05, 4.69) is 20.6 Å². The number of benzene rings is 2. The minimum atomic E-state index is -0.501. The number of nitrogen functional groups attached to an aromatic ring is 1. The van der Waals surface area contributed by atoms with Gasteiger partial charge in [0.15, 0.2) is 6.61 Å². The first kappa shape index (κ1) is 24.3. The average Bonchev–Trinajstić information content (AvgIpc) is 3.21. The van der Waals surface area contributed by atoms with Gasteiger partial charge in [0.1, 0.15) is 23.5 Å². The maximum Gasteiger partial charge on any atom is 0.323 e. The molecule has 0 aliphatic rings. The fraction of sp³-hybridized carbons (Fsp3) is 0.167. The summed E-state index contributed by atoms with van der Waals surface area (Å²) in [5.41, 5.74) is 7.89. The molecule has 180 valence electrons. The molecular weight excluding hydrogens is 491 g/mol. The zero-order chi connectivity index (χ0) is 25.1. The number of urea groups is 1. The van der Waals surface area contributed by atoms with Crippen molar-refractivity contribution in [2.45, 2.75) is 19.9 Å². The standard InChI is InChI=1S/C24H22Cl2N6O3/c1-13(2)32-10-17(21-22(27)28-12-29-23(21)32)20(33)11-35-16-5-3-4-15(9-16)30-24(34)31-19-7-6-14(25)8-18(19)26/h3-10,12-13H,11H2,1-2H3,(H2,27,28,29)(H2,30,31,34). The second kappa shape index (κ2) is 10.2. The van der Waals surface area contributed by atoms with E-state index in [1.807, 2.05) is 18.4 Å². The first-order chi connectivity index (χ1) is 16.7. The number of carbonyl (C=O) groups is 2. The van der Waals surface area contributed by atoms with E-state index >= 15 is 0 Å². The highest BCUT2D eigenvalue weighted by atomic mass is 35.5. The van der Waals surface area contributed by atoms with Crippen molar-refractivity contribution in [3.05, 3.63) is 70.6 Å². The van der Waals surface area contributed by atoms with Crippen LogP contribution in [0.1, 0.15) is 30.2 Å². The normalized spacial score (nSPS) is 11.0. The van der Waals surface area contributed by atoms with Crippen LogP contribution >= 0.6 is 23.2 Å². The van der Waals surface area contributed by atoms with Crippen LogP contribution in [0.15, 0.2) is 55.0 Å². The van der Waals surface area contributed by atoms with Gasteiger partial charge in [0.2, 0.25) is 5.78 Å². The molecule has 0 saturated carbocycles. The third kappa shape index (κ3) is 5.47. The van der Waals surface area contributed by atoms with Crippen molar-refractivity contribution in [2.75, 3.05) is 23.0 Å². The molecule has 4 rings (SSSR count).